The third kappa shape index (κ3) is 4.69. The van der Waals surface area contributed by atoms with Crippen LogP contribution in [-0.4, -0.2) is 4.87 Å². The molecule has 0 bridgehead atoms. The van der Waals surface area contributed by atoms with E-state index in [0.717, 1.165) is 18.4 Å². The average molecular weight is 401 g/mol. The lowest BCUT2D eigenvalue weighted by Gasteiger charge is -2.21. The highest BCUT2D eigenvalue weighted by Crippen LogP contribution is 2.36. The maximum Gasteiger partial charge on any atom is 0.142 e. The van der Waals surface area contributed by atoms with Crippen LogP contribution in [0.15, 0.2) is 60.4 Å². The van der Waals surface area contributed by atoms with Crippen molar-refractivity contribution in [3.63, 3.8) is 0 Å². The molecule has 144 valence electrons. The van der Waals surface area contributed by atoms with E-state index < -0.39 is 22.3 Å². The molecule has 0 heterocycles. The van der Waals surface area contributed by atoms with Crippen LogP contribution in [-0.2, 0) is 6.42 Å². The van der Waals surface area contributed by atoms with Gasteiger partial charge in [0.25, 0.3) is 0 Å². The zero-order valence-corrected chi connectivity index (χ0v) is 16.3. The molecule has 0 aromatic heterocycles. The summed E-state index contributed by atoms with van der Waals surface area (Å²) in [5, 5.41) is 0. The molecule has 0 spiro atoms. The Morgan fingerprint density at radius 1 is 1.07 bits per heavy atom. The molecule has 4 heteroatoms. The van der Waals surface area contributed by atoms with E-state index >= 15 is 0 Å². The van der Waals surface area contributed by atoms with Gasteiger partial charge >= 0.3 is 0 Å². The smallest absolute Gasteiger partial charge is 0.142 e. The molecule has 1 aliphatic rings. The molecule has 2 aromatic carbocycles. The zero-order valence-electron chi connectivity index (χ0n) is 15.5. The molecule has 0 radical (unpaired) electrons. The molecule has 0 saturated carbocycles. The minimum Gasteiger partial charge on any atom is -0.211 e. The van der Waals surface area contributed by atoms with Crippen LogP contribution in [0.3, 0.4) is 0 Å². The molecule has 1 unspecified atom stereocenters. The number of unbranched alkanes of at least 4 members (excludes halogenated alkanes) is 1. The molecule has 0 N–H and O–H groups in total. The lowest BCUT2D eigenvalue weighted by molar-refractivity contribution is 0.571. The number of allylic oxidation sites excluding steroid dienone is 4. The summed E-state index contributed by atoms with van der Waals surface area (Å²) >= 11 is 6.40. The van der Waals surface area contributed by atoms with E-state index in [4.69, 9.17) is 11.6 Å². The molecule has 0 saturated heterocycles. The first-order chi connectivity index (χ1) is 13.4. The highest BCUT2D eigenvalue weighted by Gasteiger charge is 2.29. The van der Waals surface area contributed by atoms with Gasteiger partial charge in [-0.05, 0) is 36.1 Å². The largest absolute Gasteiger partial charge is 0.211 e. The minimum atomic E-state index is -1.35. The van der Waals surface area contributed by atoms with Gasteiger partial charge in [0.2, 0.25) is 0 Å². The fourth-order valence-corrected chi connectivity index (χ4v) is 3.31. The first kappa shape index (κ1) is 20.3. The Morgan fingerprint density at radius 2 is 1.75 bits per heavy atom. The predicted molar refractivity (Wildman–Crippen MR) is 109 cm³/mol. The standard InChI is InChI=1S/C24H20ClF3/c1-2-3-7-17-14-21(26)20(22(27)15-17)11-13-24(25)12-10-19(23(28)16-24)18-8-5-4-6-9-18/h4-6,8-10,12,14-15H,2-3,7,16H2,1H3. The van der Waals surface area contributed by atoms with Gasteiger partial charge in [0.05, 0.1) is 5.56 Å². The van der Waals surface area contributed by atoms with Crippen molar-refractivity contribution in [1.82, 2.24) is 0 Å². The van der Waals surface area contributed by atoms with Gasteiger partial charge in [-0.3, -0.25) is 0 Å². The van der Waals surface area contributed by atoms with E-state index in [2.05, 4.69) is 11.8 Å². The molecule has 28 heavy (non-hydrogen) atoms. The number of aryl methyl sites for hydroxylation is 1. The lowest BCUT2D eigenvalue weighted by atomic mass is 9.91. The molecule has 2 aromatic rings. The second-order valence-electron chi connectivity index (χ2n) is 6.85. The number of hydrogen-bond donors (Lipinski definition) is 0. The molecule has 0 nitrogen and oxygen atoms in total. The van der Waals surface area contributed by atoms with Crippen molar-refractivity contribution in [2.75, 3.05) is 0 Å². The predicted octanol–water partition coefficient (Wildman–Crippen LogP) is 6.98. The summed E-state index contributed by atoms with van der Waals surface area (Å²) < 4.78 is 43.2. The molecular weight excluding hydrogens is 381 g/mol. The van der Waals surface area contributed by atoms with Crippen molar-refractivity contribution in [2.24, 2.45) is 0 Å². The average Bonchev–Trinajstić information content (AvgIpc) is 2.66. The van der Waals surface area contributed by atoms with Crippen molar-refractivity contribution in [3.8, 4) is 11.8 Å². The van der Waals surface area contributed by atoms with Crippen LogP contribution in [0, 0.1) is 23.5 Å². The Labute approximate surface area is 168 Å². The van der Waals surface area contributed by atoms with Gasteiger partial charge in [0, 0.05) is 12.0 Å². The van der Waals surface area contributed by atoms with Gasteiger partial charge in [0.1, 0.15) is 22.3 Å². The van der Waals surface area contributed by atoms with Gasteiger partial charge in [-0.1, -0.05) is 79.3 Å². The van der Waals surface area contributed by atoms with Crippen molar-refractivity contribution >= 4 is 17.2 Å². The first-order valence-corrected chi connectivity index (χ1v) is 9.63. The highest BCUT2D eigenvalue weighted by molar-refractivity contribution is 6.28. The second kappa shape index (κ2) is 8.71. The zero-order chi connectivity index (χ0) is 20.1. The summed E-state index contributed by atoms with van der Waals surface area (Å²) in [4.78, 5) is -1.35. The summed E-state index contributed by atoms with van der Waals surface area (Å²) in [6.45, 7) is 2.01. The molecule has 0 fully saturated rings. The van der Waals surface area contributed by atoms with Crippen molar-refractivity contribution < 1.29 is 13.2 Å². The quantitative estimate of drug-likeness (QED) is 0.383. The number of alkyl halides is 1. The highest BCUT2D eigenvalue weighted by atomic mass is 35.5. The normalized spacial score (nSPS) is 18.8. The Kier molecular flexibility index (Phi) is 6.31. The van der Waals surface area contributed by atoms with E-state index in [1.807, 2.05) is 25.1 Å². The fourth-order valence-electron chi connectivity index (χ4n) is 3.08. The first-order valence-electron chi connectivity index (χ1n) is 9.25. The van der Waals surface area contributed by atoms with Crippen LogP contribution in [0.25, 0.3) is 5.57 Å². The lowest BCUT2D eigenvalue weighted by Crippen LogP contribution is -2.19. The van der Waals surface area contributed by atoms with Crippen LogP contribution < -0.4 is 0 Å². The van der Waals surface area contributed by atoms with Gasteiger partial charge in [-0.25, -0.2) is 13.2 Å². The Morgan fingerprint density at radius 3 is 2.36 bits per heavy atom. The van der Waals surface area contributed by atoms with Gasteiger partial charge in [-0.2, -0.15) is 0 Å². The summed E-state index contributed by atoms with van der Waals surface area (Å²) in [6.07, 6.45) is 5.37. The third-order valence-electron chi connectivity index (χ3n) is 4.62. The van der Waals surface area contributed by atoms with E-state index in [9.17, 15) is 13.2 Å². The maximum atomic E-state index is 14.6. The molecule has 1 atom stereocenters. The van der Waals surface area contributed by atoms with Crippen molar-refractivity contribution in [3.05, 3.63) is 88.8 Å². The Bertz CT molecular complexity index is 957. The van der Waals surface area contributed by atoms with E-state index in [1.165, 1.54) is 12.1 Å². The molecule has 0 amide bonds. The number of hydrogen-bond acceptors (Lipinski definition) is 0. The van der Waals surface area contributed by atoms with Crippen molar-refractivity contribution in [2.45, 2.75) is 37.5 Å². The summed E-state index contributed by atoms with van der Waals surface area (Å²) in [6, 6.07) is 11.7. The third-order valence-corrected chi connectivity index (χ3v) is 4.97. The van der Waals surface area contributed by atoms with Crippen LogP contribution >= 0.6 is 11.6 Å². The Balaban J connectivity index is 1.83. The fraction of sp³-hybridized carbons (Fsp3) is 0.250. The second-order valence-corrected chi connectivity index (χ2v) is 7.52. The van der Waals surface area contributed by atoms with Gasteiger partial charge in [0.15, 0.2) is 0 Å². The summed E-state index contributed by atoms with van der Waals surface area (Å²) in [5.74, 6) is 3.26. The van der Waals surface area contributed by atoms with E-state index in [1.54, 1.807) is 24.3 Å². The minimum absolute atomic E-state index is 0.167. The summed E-state index contributed by atoms with van der Waals surface area (Å²) in [5.41, 5.74) is 1.44. The SMILES string of the molecule is CCCCc1cc(F)c(C#CC2(Cl)C=CC(c3ccccc3)=C(F)C2)c(F)c1. The molecular formula is C24H20ClF3. The summed E-state index contributed by atoms with van der Waals surface area (Å²) in [7, 11) is 0. The maximum absolute atomic E-state index is 14.6. The van der Waals surface area contributed by atoms with Crippen LogP contribution in [0.2, 0.25) is 0 Å². The molecule has 3 rings (SSSR count). The van der Waals surface area contributed by atoms with Crippen LogP contribution in [0.1, 0.15) is 42.9 Å². The Hall–Kier alpha value is -2.44. The van der Waals surface area contributed by atoms with E-state index in [-0.39, 0.29) is 12.0 Å². The number of benzene rings is 2. The number of halogens is 4. The topological polar surface area (TPSA) is 0 Å². The van der Waals surface area contributed by atoms with Gasteiger partial charge in [-0.15, -0.1) is 0 Å². The number of rotatable bonds is 4. The monoisotopic (exact) mass is 400 g/mol. The molecule has 1 aliphatic carbocycles. The van der Waals surface area contributed by atoms with Gasteiger partial charge < -0.3 is 0 Å². The van der Waals surface area contributed by atoms with E-state index in [0.29, 0.717) is 17.6 Å². The van der Waals surface area contributed by atoms with Crippen molar-refractivity contribution in [1.29, 1.82) is 0 Å². The molecule has 0 aliphatic heterocycles. The van der Waals surface area contributed by atoms with Crippen LogP contribution in [0.5, 0.6) is 0 Å². The van der Waals surface area contributed by atoms with Crippen LogP contribution in [0.4, 0.5) is 13.2 Å².